The van der Waals surface area contributed by atoms with Crippen LogP contribution in [-0.4, -0.2) is 45.3 Å². The molecule has 1 unspecified atom stereocenters. The van der Waals surface area contributed by atoms with E-state index in [1.54, 1.807) is 6.92 Å². The summed E-state index contributed by atoms with van der Waals surface area (Å²) < 4.78 is 0. The summed E-state index contributed by atoms with van der Waals surface area (Å²) in [6.45, 7) is 9.69. The second-order valence-corrected chi connectivity index (χ2v) is 4.69. The number of nitrogens with two attached hydrogens (primary N) is 1. The van der Waals surface area contributed by atoms with Crippen LogP contribution in [0.4, 0.5) is 17.8 Å². The fraction of sp³-hybridized carbons (Fsp3) is 0.750. The molecule has 1 rings (SSSR count). The molecule has 0 radical (unpaired) electrons. The first kappa shape index (κ1) is 15.4. The zero-order valence-electron chi connectivity index (χ0n) is 12.1. The second kappa shape index (κ2) is 6.51. The van der Waals surface area contributed by atoms with Gasteiger partial charge in [-0.25, -0.2) is 0 Å². The summed E-state index contributed by atoms with van der Waals surface area (Å²) in [4.78, 5) is 14.4. The van der Waals surface area contributed by atoms with Crippen LogP contribution in [0.15, 0.2) is 0 Å². The molecule has 0 aliphatic rings. The van der Waals surface area contributed by atoms with E-state index >= 15 is 0 Å². The van der Waals surface area contributed by atoms with Gasteiger partial charge < -0.3 is 21.1 Å². The van der Waals surface area contributed by atoms with Gasteiger partial charge in [-0.1, -0.05) is 6.92 Å². The van der Waals surface area contributed by atoms with Gasteiger partial charge in [0.15, 0.2) is 0 Å². The van der Waals surface area contributed by atoms with E-state index in [0.29, 0.717) is 24.9 Å². The van der Waals surface area contributed by atoms with Crippen molar-refractivity contribution in [2.24, 2.45) is 0 Å². The molecule has 7 heteroatoms. The molecule has 0 bridgehead atoms. The molecule has 0 aliphatic carbocycles. The van der Waals surface area contributed by atoms with Gasteiger partial charge in [-0.2, -0.15) is 15.0 Å². The predicted molar refractivity (Wildman–Crippen MR) is 77.2 cm³/mol. The minimum Gasteiger partial charge on any atom is -0.388 e. The van der Waals surface area contributed by atoms with E-state index in [4.69, 9.17) is 5.73 Å². The number of nitrogen functional groups attached to an aromatic ring is 1. The number of aromatic nitrogens is 3. The van der Waals surface area contributed by atoms with Crippen molar-refractivity contribution in [2.75, 3.05) is 35.6 Å². The monoisotopic (exact) mass is 268 g/mol. The molecule has 0 saturated heterocycles. The Hall–Kier alpha value is -1.63. The van der Waals surface area contributed by atoms with Gasteiger partial charge in [0.1, 0.15) is 0 Å². The van der Waals surface area contributed by atoms with E-state index < -0.39 is 5.60 Å². The summed E-state index contributed by atoms with van der Waals surface area (Å²) in [6, 6.07) is 0. The number of nitrogens with zero attached hydrogens (tertiary/aromatic N) is 4. The molecule has 0 aromatic carbocycles. The van der Waals surface area contributed by atoms with Crippen molar-refractivity contribution in [3.8, 4) is 0 Å². The van der Waals surface area contributed by atoms with E-state index in [1.165, 1.54) is 0 Å². The summed E-state index contributed by atoms with van der Waals surface area (Å²) in [5.41, 5.74) is 4.89. The Labute approximate surface area is 114 Å². The van der Waals surface area contributed by atoms with E-state index in [-0.39, 0.29) is 5.95 Å². The van der Waals surface area contributed by atoms with Gasteiger partial charge in [-0.3, -0.25) is 0 Å². The third-order valence-electron chi connectivity index (χ3n) is 3.08. The zero-order valence-corrected chi connectivity index (χ0v) is 12.1. The number of nitrogens with one attached hydrogen (secondary N) is 1. The first-order valence-corrected chi connectivity index (χ1v) is 6.64. The molecular weight excluding hydrogens is 244 g/mol. The first-order valence-electron chi connectivity index (χ1n) is 6.64. The number of hydrogen-bond acceptors (Lipinski definition) is 7. The van der Waals surface area contributed by atoms with Gasteiger partial charge in [-0.05, 0) is 27.2 Å². The number of aliphatic hydroxyl groups is 1. The van der Waals surface area contributed by atoms with E-state index in [9.17, 15) is 5.11 Å². The van der Waals surface area contributed by atoms with Crippen molar-refractivity contribution >= 4 is 17.8 Å². The van der Waals surface area contributed by atoms with Crippen LogP contribution in [0, 0.1) is 0 Å². The third-order valence-corrected chi connectivity index (χ3v) is 3.08. The van der Waals surface area contributed by atoms with E-state index in [1.807, 2.05) is 25.7 Å². The highest BCUT2D eigenvalue weighted by Crippen LogP contribution is 2.13. The number of hydrogen-bond donors (Lipinski definition) is 3. The quantitative estimate of drug-likeness (QED) is 0.674. The Balaban J connectivity index is 2.85. The van der Waals surface area contributed by atoms with Gasteiger partial charge in [-0.15, -0.1) is 0 Å². The topological polar surface area (TPSA) is 100 Å². The SMILES string of the molecule is CCN(CC)c1nc(N)nc(NCC(C)(O)CC)n1. The minimum absolute atomic E-state index is 0.176. The lowest BCUT2D eigenvalue weighted by atomic mass is 10.0. The molecule has 0 fully saturated rings. The van der Waals surface area contributed by atoms with Gasteiger partial charge in [0, 0.05) is 19.6 Å². The molecule has 19 heavy (non-hydrogen) atoms. The van der Waals surface area contributed by atoms with Gasteiger partial charge in [0.2, 0.25) is 17.8 Å². The normalized spacial score (nSPS) is 13.9. The molecule has 1 heterocycles. The Morgan fingerprint density at radius 3 is 2.37 bits per heavy atom. The minimum atomic E-state index is -0.795. The van der Waals surface area contributed by atoms with E-state index in [2.05, 4.69) is 20.3 Å². The molecule has 1 atom stereocenters. The van der Waals surface area contributed by atoms with Crippen LogP contribution in [0.2, 0.25) is 0 Å². The molecular formula is C12H24N6O. The van der Waals surface area contributed by atoms with Crippen molar-refractivity contribution in [1.29, 1.82) is 0 Å². The maximum atomic E-state index is 9.95. The fourth-order valence-corrected chi connectivity index (χ4v) is 1.50. The Bertz CT molecular complexity index is 405. The van der Waals surface area contributed by atoms with Gasteiger partial charge in [0.25, 0.3) is 0 Å². The molecule has 0 aliphatic heterocycles. The van der Waals surface area contributed by atoms with Crippen LogP contribution in [0.5, 0.6) is 0 Å². The summed E-state index contributed by atoms with van der Waals surface area (Å²) in [5.74, 6) is 1.12. The van der Waals surface area contributed by atoms with Crippen molar-refractivity contribution < 1.29 is 5.11 Å². The van der Waals surface area contributed by atoms with Gasteiger partial charge in [0.05, 0.1) is 5.60 Å². The Kier molecular flexibility index (Phi) is 5.29. The molecule has 0 spiro atoms. The third kappa shape index (κ3) is 4.51. The highest BCUT2D eigenvalue weighted by atomic mass is 16.3. The highest BCUT2D eigenvalue weighted by molar-refractivity contribution is 5.41. The van der Waals surface area contributed by atoms with Crippen molar-refractivity contribution in [3.63, 3.8) is 0 Å². The highest BCUT2D eigenvalue weighted by Gasteiger charge is 2.18. The second-order valence-electron chi connectivity index (χ2n) is 4.69. The predicted octanol–water partition coefficient (Wildman–Crippen LogP) is 0.873. The van der Waals surface area contributed by atoms with Crippen molar-refractivity contribution in [3.05, 3.63) is 0 Å². The Morgan fingerprint density at radius 2 is 1.84 bits per heavy atom. The molecule has 108 valence electrons. The Morgan fingerprint density at radius 1 is 1.21 bits per heavy atom. The summed E-state index contributed by atoms with van der Waals surface area (Å²) in [7, 11) is 0. The summed E-state index contributed by atoms with van der Waals surface area (Å²) in [5, 5.41) is 13.0. The average Bonchev–Trinajstić information content (AvgIpc) is 2.37. The molecule has 0 amide bonds. The van der Waals surface area contributed by atoms with Crippen LogP contribution in [0.3, 0.4) is 0 Å². The largest absolute Gasteiger partial charge is 0.388 e. The maximum Gasteiger partial charge on any atom is 0.231 e. The average molecular weight is 268 g/mol. The van der Waals surface area contributed by atoms with Crippen LogP contribution < -0.4 is 16.0 Å². The fourth-order valence-electron chi connectivity index (χ4n) is 1.50. The van der Waals surface area contributed by atoms with Crippen molar-refractivity contribution in [1.82, 2.24) is 15.0 Å². The molecule has 0 saturated carbocycles. The van der Waals surface area contributed by atoms with Crippen LogP contribution in [-0.2, 0) is 0 Å². The standard InChI is InChI=1S/C12H24N6O/c1-5-12(4,19)8-14-10-15-9(13)16-11(17-10)18(6-2)7-3/h19H,5-8H2,1-4H3,(H3,13,14,15,16,17). The molecule has 1 aromatic rings. The van der Waals surface area contributed by atoms with Gasteiger partial charge >= 0.3 is 0 Å². The summed E-state index contributed by atoms with van der Waals surface area (Å²) >= 11 is 0. The summed E-state index contributed by atoms with van der Waals surface area (Å²) in [6.07, 6.45) is 0.642. The number of rotatable bonds is 7. The van der Waals surface area contributed by atoms with Crippen LogP contribution >= 0.6 is 0 Å². The molecule has 7 nitrogen and oxygen atoms in total. The molecule has 1 aromatic heterocycles. The van der Waals surface area contributed by atoms with Crippen molar-refractivity contribution in [2.45, 2.75) is 39.7 Å². The molecule has 4 N–H and O–H groups in total. The lowest BCUT2D eigenvalue weighted by Crippen LogP contribution is -2.33. The first-order chi connectivity index (χ1) is 8.91. The maximum absolute atomic E-state index is 9.95. The number of anilines is 3. The van der Waals surface area contributed by atoms with E-state index in [0.717, 1.165) is 13.1 Å². The van der Waals surface area contributed by atoms with Crippen LogP contribution in [0.1, 0.15) is 34.1 Å². The smallest absolute Gasteiger partial charge is 0.231 e. The van der Waals surface area contributed by atoms with Crippen LogP contribution in [0.25, 0.3) is 0 Å². The lowest BCUT2D eigenvalue weighted by Gasteiger charge is -2.22. The lowest BCUT2D eigenvalue weighted by molar-refractivity contribution is 0.0695. The zero-order chi connectivity index (χ0) is 14.5.